The number of hydrogen-bond acceptors (Lipinski definition) is 2. The van der Waals surface area contributed by atoms with Crippen LogP contribution in [0, 0.1) is 5.92 Å². The molecule has 0 bridgehead atoms. The van der Waals surface area contributed by atoms with Gasteiger partial charge in [0.25, 0.3) is 0 Å². The topological polar surface area (TPSA) is 32.3 Å². The normalized spacial score (nSPS) is 26.3. The molecule has 0 spiro atoms. The fourth-order valence-electron chi connectivity index (χ4n) is 2.59. The number of alkyl halides is 3. The minimum absolute atomic E-state index is 0.206. The SMILES string of the molecule is CCC(O)(CC)CNC1CCCCC1C(F)(F)F. The summed E-state index contributed by atoms with van der Waals surface area (Å²) in [5.41, 5.74) is -0.881. The third-order valence-corrected chi connectivity index (χ3v) is 4.20. The molecule has 1 rings (SSSR count). The smallest absolute Gasteiger partial charge is 0.389 e. The first-order chi connectivity index (χ1) is 8.32. The molecule has 2 N–H and O–H groups in total. The zero-order valence-corrected chi connectivity index (χ0v) is 11.2. The van der Waals surface area contributed by atoms with Crippen LogP contribution < -0.4 is 5.32 Å². The molecule has 0 aliphatic heterocycles. The third-order valence-electron chi connectivity index (χ3n) is 4.20. The fraction of sp³-hybridized carbons (Fsp3) is 1.00. The third kappa shape index (κ3) is 4.12. The number of hydrogen-bond donors (Lipinski definition) is 2. The molecule has 0 aromatic heterocycles. The first-order valence-electron chi connectivity index (χ1n) is 6.85. The summed E-state index contributed by atoms with van der Waals surface area (Å²) >= 11 is 0. The molecule has 0 aromatic rings. The van der Waals surface area contributed by atoms with E-state index in [1.165, 1.54) is 0 Å². The molecule has 2 atom stereocenters. The molecule has 1 aliphatic carbocycles. The van der Waals surface area contributed by atoms with Crippen molar-refractivity contribution in [2.24, 2.45) is 5.92 Å². The molecule has 108 valence electrons. The van der Waals surface area contributed by atoms with E-state index in [1.54, 1.807) is 0 Å². The highest BCUT2D eigenvalue weighted by Gasteiger charge is 2.45. The summed E-state index contributed by atoms with van der Waals surface area (Å²) in [6.45, 7) is 3.96. The maximum Gasteiger partial charge on any atom is 0.393 e. The average Bonchev–Trinajstić information content (AvgIpc) is 2.35. The zero-order valence-electron chi connectivity index (χ0n) is 11.2. The summed E-state index contributed by atoms with van der Waals surface area (Å²) in [5.74, 6) is -1.26. The highest BCUT2D eigenvalue weighted by molar-refractivity contribution is 4.88. The van der Waals surface area contributed by atoms with Crippen molar-refractivity contribution in [1.82, 2.24) is 5.32 Å². The fourth-order valence-corrected chi connectivity index (χ4v) is 2.59. The Labute approximate surface area is 107 Å². The second-order valence-corrected chi connectivity index (χ2v) is 5.35. The van der Waals surface area contributed by atoms with Crippen molar-refractivity contribution in [2.75, 3.05) is 6.54 Å². The largest absolute Gasteiger partial charge is 0.393 e. The van der Waals surface area contributed by atoms with E-state index >= 15 is 0 Å². The van der Waals surface area contributed by atoms with Crippen LogP contribution in [0.25, 0.3) is 0 Å². The van der Waals surface area contributed by atoms with E-state index in [9.17, 15) is 18.3 Å². The quantitative estimate of drug-likeness (QED) is 0.801. The van der Waals surface area contributed by atoms with E-state index in [0.717, 1.165) is 6.42 Å². The van der Waals surface area contributed by atoms with Crippen molar-refractivity contribution < 1.29 is 18.3 Å². The first kappa shape index (κ1) is 15.8. The Balaban J connectivity index is 2.58. The maximum absolute atomic E-state index is 12.9. The number of halogens is 3. The van der Waals surface area contributed by atoms with Crippen molar-refractivity contribution in [3.63, 3.8) is 0 Å². The minimum Gasteiger partial charge on any atom is -0.389 e. The highest BCUT2D eigenvalue weighted by Crippen LogP contribution is 2.37. The van der Waals surface area contributed by atoms with Gasteiger partial charge in [0, 0.05) is 12.6 Å². The summed E-state index contributed by atoms with van der Waals surface area (Å²) in [5, 5.41) is 13.1. The molecular weight excluding hydrogens is 243 g/mol. The molecule has 0 saturated heterocycles. The molecule has 0 heterocycles. The van der Waals surface area contributed by atoms with Crippen LogP contribution in [-0.2, 0) is 0 Å². The Kier molecular flexibility index (Phi) is 5.46. The van der Waals surface area contributed by atoms with Crippen LogP contribution in [0.3, 0.4) is 0 Å². The molecule has 0 aromatic carbocycles. The predicted octanol–water partition coefficient (Wildman–Crippen LogP) is 3.25. The zero-order chi connectivity index (χ0) is 13.8. The van der Waals surface area contributed by atoms with Crippen molar-refractivity contribution in [1.29, 1.82) is 0 Å². The number of rotatable bonds is 5. The standard InChI is InChI=1S/C13H24F3NO/c1-3-12(18,4-2)9-17-11-8-6-5-7-10(11)13(14,15)16/h10-11,17-18H,3-9H2,1-2H3. The van der Waals surface area contributed by atoms with Gasteiger partial charge in [-0.15, -0.1) is 0 Å². The van der Waals surface area contributed by atoms with E-state index in [0.29, 0.717) is 25.7 Å². The van der Waals surface area contributed by atoms with Gasteiger partial charge in [0.1, 0.15) is 0 Å². The monoisotopic (exact) mass is 267 g/mol. The molecule has 1 aliphatic rings. The highest BCUT2D eigenvalue weighted by atomic mass is 19.4. The van der Waals surface area contributed by atoms with Crippen LogP contribution in [0.4, 0.5) is 13.2 Å². The van der Waals surface area contributed by atoms with Gasteiger partial charge in [-0.3, -0.25) is 0 Å². The lowest BCUT2D eigenvalue weighted by atomic mass is 9.83. The van der Waals surface area contributed by atoms with Crippen LogP contribution in [0.1, 0.15) is 52.4 Å². The van der Waals surface area contributed by atoms with Crippen LogP contribution in [-0.4, -0.2) is 29.5 Å². The van der Waals surface area contributed by atoms with Gasteiger partial charge in [0.15, 0.2) is 0 Å². The van der Waals surface area contributed by atoms with E-state index in [-0.39, 0.29) is 13.0 Å². The van der Waals surface area contributed by atoms with Gasteiger partial charge in [-0.05, 0) is 25.7 Å². The van der Waals surface area contributed by atoms with Gasteiger partial charge in [-0.2, -0.15) is 13.2 Å². The van der Waals surface area contributed by atoms with Gasteiger partial charge in [-0.1, -0.05) is 26.7 Å². The lowest BCUT2D eigenvalue weighted by Gasteiger charge is -2.36. The van der Waals surface area contributed by atoms with Gasteiger partial charge in [-0.25, -0.2) is 0 Å². The Hall–Kier alpha value is -0.290. The maximum atomic E-state index is 12.9. The Bertz CT molecular complexity index is 251. The summed E-state index contributed by atoms with van der Waals surface area (Å²) in [6.07, 6.45) is -0.783. The molecule has 2 unspecified atom stereocenters. The Morgan fingerprint density at radius 2 is 1.67 bits per heavy atom. The van der Waals surface area contributed by atoms with E-state index < -0.39 is 23.7 Å². The number of aliphatic hydroxyl groups is 1. The van der Waals surface area contributed by atoms with Gasteiger partial charge in [0.2, 0.25) is 0 Å². The number of nitrogens with one attached hydrogen (secondary N) is 1. The lowest BCUT2D eigenvalue weighted by molar-refractivity contribution is -0.189. The van der Waals surface area contributed by atoms with Crippen LogP contribution in [0.2, 0.25) is 0 Å². The van der Waals surface area contributed by atoms with Crippen molar-refractivity contribution in [2.45, 2.75) is 70.2 Å². The Morgan fingerprint density at radius 1 is 1.11 bits per heavy atom. The second-order valence-electron chi connectivity index (χ2n) is 5.35. The summed E-state index contributed by atoms with van der Waals surface area (Å²) in [6, 6.07) is -0.539. The molecule has 18 heavy (non-hydrogen) atoms. The van der Waals surface area contributed by atoms with Gasteiger partial charge >= 0.3 is 6.18 Å². The van der Waals surface area contributed by atoms with Crippen LogP contribution in [0.15, 0.2) is 0 Å². The van der Waals surface area contributed by atoms with Gasteiger partial charge in [0.05, 0.1) is 11.5 Å². The lowest BCUT2D eigenvalue weighted by Crippen LogP contribution is -2.50. The average molecular weight is 267 g/mol. The minimum atomic E-state index is -4.13. The molecule has 2 nitrogen and oxygen atoms in total. The molecular formula is C13H24F3NO. The summed E-state index contributed by atoms with van der Waals surface area (Å²) in [7, 11) is 0. The van der Waals surface area contributed by atoms with E-state index in [1.807, 2.05) is 13.8 Å². The summed E-state index contributed by atoms with van der Waals surface area (Å²) < 4.78 is 38.6. The van der Waals surface area contributed by atoms with Crippen molar-refractivity contribution in [3.05, 3.63) is 0 Å². The van der Waals surface area contributed by atoms with Crippen LogP contribution in [0.5, 0.6) is 0 Å². The van der Waals surface area contributed by atoms with E-state index in [2.05, 4.69) is 5.32 Å². The second kappa shape index (κ2) is 6.24. The van der Waals surface area contributed by atoms with Crippen molar-refractivity contribution >= 4 is 0 Å². The van der Waals surface area contributed by atoms with Crippen LogP contribution >= 0.6 is 0 Å². The molecule has 1 saturated carbocycles. The molecule has 5 heteroatoms. The van der Waals surface area contributed by atoms with Gasteiger partial charge < -0.3 is 10.4 Å². The summed E-state index contributed by atoms with van der Waals surface area (Å²) in [4.78, 5) is 0. The Morgan fingerprint density at radius 3 is 2.17 bits per heavy atom. The molecule has 0 radical (unpaired) electrons. The molecule has 0 amide bonds. The first-order valence-corrected chi connectivity index (χ1v) is 6.85. The van der Waals surface area contributed by atoms with Crippen molar-refractivity contribution in [3.8, 4) is 0 Å². The van der Waals surface area contributed by atoms with E-state index in [4.69, 9.17) is 0 Å². The predicted molar refractivity (Wildman–Crippen MR) is 65.3 cm³/mol. The molecule has 1 fully saturated rings.